The predicted octanol–water partition coefficient (Wildman–Crippen LogP) is 1.97. The van der Waals surface area contributed by atoms with E-state index in [4.69, 9.17) is 9.47 Å². The van der Waals surface area contributed by atoms with Crippen LogP contribution in [0.25, 0.3) is 10.9 Å². The quantitative estimate of drug-likeness (QED) is 0.826. The summed E-state index contributed by atoms with van der Waals surface area (Å²) in [4.78, 5) is 14.4. The van der Waals surface area contributed by atoms with Gasteiger partial charge in [-0.25, -0.2) is 4.79 Å². The number of hydrogen-bond donors (Lipinski definition) is 1. The van der Waals surface area contributed by atoms with Crippen LogP contribution in [0.5, 0.6) is 11.5 Å². The van der Waals surface area contributed by atoms with Crippen molar-refractivity contribution in [3.05, 3.63) is 23.9 Å². The Morgan fingerprint density at radius 2 is 1.88 bits per heavy atom. The van der Waals surface area contributed by atoms with Crippen LogP contribution in [-0.2, 0) is 4.74 Å². The number of fused-ring (bicyclic) bond motifs is 1. The lowest BCUT2D eigenvalue weighted by Gasteiger charge is -2.04. The minimum Gasteiger partial charge on any atom is -0.497 e. The van der Waals surface area contributed by atoms with Crippen molar-refractivity contribution in [2.24, 2.45) is 0 Å². The fourth-order valence-corrected chi connectivity index (χ4v) is 1.69. The smallest absolute Gasteiger partial charge is 0.354 e. The molecule has 17 heavy (non-hydrogen) atoms. The summed E-state index contributed by atoms with van der Waals surface area (Å²) in [6.45, 7) is 0. The summed E-state index contributed by atoms with van der Waals surface area (Å²) in [5, 5.41) is 0.814. The number of esters is 1. The third-order valence-electron chi connectivity index (χ3n) is 2.53. The van der Waals surface area contributed by atoms with Gasteiger partial charge in [-0.2, -0.15) is 0 Å². The maximum atomic E-state index is 11.4. The number of hydrogen-bond acceptors (Lipinski definition) is 4. The predicted molar refractivity (Wildman–Crippen MR) is 62.7 cm³/mol. The number of aromatic amines is 1. The summed E-state index contributed by atoms with van der Waals surface area (Å²) in [7, 11) is 4.48. The monoisotopic (exact) mass is 235 g/mol. The first-order chi connectivity index (χ1) is 8.19. The average Bonchev–Trinajstić information content (AvgIpc) is 2.80. The number of methoxy groups -OCH3 is 3. The van der Waals surface area contributed by atoms with Gasteiger partial charge in [-0.05, 0) is 6.07 Å². The molecule has 0 unspecified atom stereocenters. The van der Waals surface area contributed by atoms with Crippen LogP contribution in [0.4, 0.5) is 0 Å². The minimum absolute atomic E-state index is 0.383. The SMILES string of the molecule is COC(=O)c1cc2c(OC)cc(OC)cc2[nH]1. The van der Waals surface area contributed by atoms with Gasteiger partial charge in [-0.3, -0.25) is 0 Å². The Morgan fingerprint density at radius 3 is 2.47 bits per heavy atom. The topological polar surface area (TPSA) is 60.6 Å². The van der Waals surface area contributed by atoms with Crippen molar-refractivity contribution in [2.75, 3.05) is 21.3 Å². The third kappa shape index (κ3) is 1.91. The lowest BCUT2D eigenvalue weighted by molar-refractivity contribution is 0.0595. The number of nitrogens with one attached hydrogen (secondary N) is 1. The molecule has 0 atom stereocenters. The molecule has 1 heterocycles. The molecule has 0 spiro atoms. The van der Waals surface area contributed by atoms with Crippen LogP contribution in [0.3, 0.4) is 0 Å². The van der Waals surface area contributed by atoms with Crippen molar-refractivity contribution >= 4 is 16.9 Å². The summed E-state index contributed by atoms with van der Waals surface area (Å²) in [6.07, 6.45) is 0. The zero-order valence-corrected chi connectivity index (χ0v) is 9.87. The summed E-state index contributed by atoms with van der Waals surface area (Å²) in [5.41, 5.74) is 1.15. The van der Waals surface area contributed by atoms with Gasteiger partial charge in [0.25, 0.3) is 0 Å². The van der Waals surface area contributed by atoms with Crippen LogP contribution < -0.4 is 9.47 Å². The standard InChI is InChI=1S/C12H13NO4/c1-15-7-4-9-8(11(5-7)16-2)6-10(13-9)12(14)17-3/h4-6,13H,1-3H3. The lowest BCUT2D eigenvalue weighted by Crippen LogP contribution is -2.00. The van der Waals surface area contributed by atoms with Gasteiger partial charge in [0, 0.05) is 17.5 Å². The molecule has 0 amide bonds. The van der Waals surface area contributed by atoms with E-state index in [9.17, 15) is 4.79 Å². The first-order valence-corrected chi connectivity index (χ1v) is 5.02. The molecule has 5 nitrogen and oxygen atoms in total. The number of carbonyl (C=O) groups is 1. The molecule has 2 aromatic rings. The van der Waals surface area contributed by atoms with Crippen LogP contribution in [-0.4, -0.2) is 32.3 Å². The van der Waals surface area contributed by atoms with Crippen molar-refractivity contribution < 1.29 is 19.0 Å². The van der Waals surface area contributed by atoms with Gasteiger partial charge in [0.05, 0.1) is 26.8 Å². The highest BCUT2D eigenvalue weighted by molar-refractivity contribution is 5.97. The molecule has 90 valence electrons. The molecule has 1 aromatic carbocycles. The highest BCUT2D eigenvalue weighted by atomic mass is 16.5. The minimum atomic E-state index is -0.415. The van der Waals surface area contributed by atoms with E-state index in [0.717, 1.165) is 10.9 Å². The van der Waals surface area contributed by atoms with E-state index in [-0.39, 0.29) is 0 Å². The van der Waals surface area contributed by atoms with Gasteiger partial charge < -0.3 is 19.2 Å². The van der Waals surface area contributed by atoms with Gasteiger partial charge in [-0.15, -0.1) is 0 Å². The Morgan fingerprint density at radius 1 is 1.12 bits per heavy atom. The maximum absolute atomic E-state index is 11.4. The number of H-pyrrole nitrogens is 1. The van der Waals surface area contributed by atoms with E-state index in [2.05, 4.69) is 9.72 Å². The van der Waals surface area contributed by atoms with Gasteiger partial charge in [0.1, 0.15) is 17.2 Å². The molecule has 0 aliphatic heterocycles. The number of aromatic nitrogens is 1. The molecule has 2 rings (SSSR count). The zero-order valence-electron chi connectivity index (χ0n) is 9.87. The molecular formula is C12H13NO4. The number of carbonyl (C=O) groups excluding carboxylic acids is 1. The molecular weight excluding hydrogens is 222 g/mol. The molecule has 0 aliphatic carbocycles. The van der Waals surface area contributed by atoms with Gasteiger partial charge in [0.15, 0.2) is 0 Å². The molecule has 0 fully saturated rings. The molecule has 0 saturated heterocycles. The second kappa shape index (κ2) is 4.37. The zero-order chi connectivity index (χ0) is 12.4. The highest BCUT2D eigenvalue weighted by Gasteiger charge is 2.13. The molecule has 1 N–H and O–H groups in total. The van der Waals surface area contributed by atoms with E-state index in [1.807, 2.05) is 0 Å². The van der Waals surface area contributed by atoms with E-state index >= 15 is 0 Å². The van der Waals surface area contributed by atoms with Gasteiger partial charge in [0.2, 0.25) is 0 Å². The van der Waals surface area contributed by atoms with E-state index in [1.54, 1.807) is 32.4 Å². The van der Waals surface area contributed by atoms with Crippen LogP contribution in [0.2, 0.25) is 0 Å². The third-order valence-corrected chi connectivity index (χ3v) is 2.53. The normalized spacial score (nSPS) is 10.3. The average molecular weight is 235 g/mol. The Bertz CT molecular complexity index is 559. The number of rotatable bonds is 3. The van der Waals surface area contributed by atoms with Gasteiger partial charge >= 0.3 is 5.97 Å². The van der Waals surface area contributed by atoms with E-state index in [0.29, 0.717) is 17.2 Å². The van der Waals surface area contributed by atoms with Crippen LogP contribution in [0, 0.1) is 0 Å². The molecule has 0 bridgehead atoms. The molecule has 1 aromatic heterocycles. The fraction of sp³-hybridized carbons (Fsp3) is 0.250. The molecule has 0 aliphatic rings. The van der Waals surface area contributed by atoms with Crippen LogP contribution >= 0.6 is 0 Å². The van der Waals surface area contributed by atoms with Crippen LogP contribution in [0.15, 0.2) is 18.2 Å². The highest BCUT2D eigenvalue weighted by Crippen LogP contribution is 2.31. The molecule has 0 saturated carbocycles. The summed E-state index contributed by atoms with van der Waals surface area (Å²) in [5.74, 6) is 0.889. The Hall–Kier alpha value is -2.17. The fourth-order valence-electron chi connectivity index (χ4n) is 1.69. The maximum Gasteiger partial charge on any atom is 0.354 e. The Balaban J connectivity index is 2.62. The largest absolute Gasteiger partial charge is 0.497 e. The Labute approximate surface area is 98.3 Å². The molecule has 5 heteroatoms. The Kier molecular flexibility index (Phi) is 2.91. The van der Waals surface area contributed by atoms with Crippen molar-refractivity contribution in [3.63, 3.8) is 0 Å². The lowest BCUT2D eigenvalue weighted by atomic mass is 10.2. The van der Waals surface area contributed by atoms with Crippen molar-refractivity contribution in [3.8, 4) is 11.5 Å². The van der Waals surface area contributed by atoms with Crippen molar-refractivity contribution in [1.82, 2.24) is 4.98 Å². The molecule has 0 radical (unpaired) electrons. The summed E-state index contributed by atoms with van der Waals surface area (Å²) < 4.78 is 15.0. The first-order valence-electron chi connectivity index (χ1n) is 5.02. The van der Waals surface area contributed by atoms with Crippen molar-refractivity contribution in [1.29, 1.82) is 0 Å². The number of ether oxygens (including phenoxy) is 3. The van der Waals surface area contributed by atoms with Crippen LogP contribution in [0.1, 0.15) is 10.5 Å². The van der Waals surface area contributed by atoms with Crippen molar-refractivity contribution in [2.45, 2.75) is 0 Å². The number of benzene rings is 1. The summed E-state index contributed by atoms with van der Waals surface area (Å²) in [6, 6.07) is 5.25. The van der Waals surface area contributed by atoms with E-state index < -0.39 is 5.97 Å². The first kappa shape index (κ1) is 11.3. The second-order valence-electron chi connectivity index (χ2n) is 3.47. The van der Waals surface area contributed by atoms with Gasteiger partial charge in [-0.1, -0.05) is 0 Å². The second-order valence-corrected chi connectivity index (χ2v) is 3.47. The van der Waals surface area contributed by atoms with E-state index in [1.165, 1.54) is 7.11 Å². The summed E-state index contributed by atoms with van der Waals surface area (Å²) >= 11 is 0.